The molecule has 1 aliphatic rings. The molecule has 0 amide bonds. The van der Waals surface area contributed by atoms with Crippen molar-refractivity contribution in [3.63, 3.8) is 0 Å². The fourth-order valence-corrected chi connectivity index (χ4v) is 3.24. The molecule has 0 fully saturated rings. The fourth-order valence-electron chi connectivity index (χ4n) is 2.73. The van der Waals surface area contributed by atoms with Crippen molar-refractivity contribution in [2.75, 3.05) is 5.73 Å². The topological polar surface area (TPSA) is 86.2 Å². The Kier molecular flexibility index (Phi) is 4.38. The van der Waals surface area contributed by atoms with Gasteiger partial charge in [-0.05, 0) is 52.6 Å². The summed E-state index contributed by atoms with van der Waals surface area (Å²) in [6, 6.07) is 18.7. The molecule has 24 heavy (non-hydrogen) atoms. The number of hydrogen-bond acceptors (Lipinski definition) is 3. The van der Waals surface area contributed by atoms with Crippen LogP contribution < -0.4 is 10.9 Å². The van der Waals surface area contributed by atoms with Crippen LogP contribution in [-0.4, -0.2) is 8.42 Å². The molecular weight excluding hydrogens is 320 g/mol. The summed E-state index contributed by atoms with van der Waals surface area (Å²) >= 11 is 0. The highest BCUT2D eigenvalue weighted by Crippen LogP contribution is 2.27. The molecule has 0 aliphatic heterocycles. The number of primary sulfonamides is 1. The van der Waals surface area contributed by atoms with Gasteiger partial charge < -0.3 is 5.73 Å². The molecule has 0 heterocycles. The summed E-state index contributed by atoms with van der Waals surface area (Å²) in [6.07, 6.45) is 5.53. The maximum Gasteiger partial charge on any atom is 0.238 e. The van der Waals surface area contributed by atoms with Gasteiger partial charge in [-0.25, -0.2) is 13.6 Å². The molecule has 4 N–H and O–H groups in total. The number of allylic oxidation sites excluding steroid dienone is 1. The van der Waals surface area contributed by atoms with E-state index in [1.54, 1.807) is 0 Å². The second kappa shape index (κ2) is 6.47. The van der Waals surface area contributed by atoms with Crippen molar-refractivity contribution in [2.24, 2.45) is 5.14 Å². The molecule has 4 rings (SSSR count). The van der Waals surface area contributed by atoms with Crippen molar-refractivity contribution in [2.45, 2.75) is 11.3 Å². The average Bonchev–Trinajstić information content (AvgIpc) is 2.56. The lowest BCUT2D eigenvalue weighted by molar-refractivity contribution is 0.598. The van der Waals surface area contributed by atoms with Crippen molar-refractivity contribution in [3.05, 3.63) is 77.9 Å². The van der Waals surface area contributed by atoms with Crippen LogP contribution in [0.4, 0.5) is 5.69 Å². The average molecular weight is 338 g/mol. The lowest BCUT2D eigenvalue weighted by Gasteiger charge is -2.11. The number of benzene rings is 3. The molecule has 3 aromatic carbocycles. The van der Waals surface area contributed by atoms with Crippen LogP contribution in [0.1, 0.15) is 11.1 Å². The summed E-state index contributed by atoms with van der Waals surface area (Å²) in [6.45, 7) is 0. The molecule has 0 aromatic heterocycles. The highest BCUT2D eigenvalue weighted by Gasteiger charge is 2.06. The Bertz CT molecular complexity index is 1000. The Morgan fingerprint density at radius 1 is 0.875 bits per heavy atom. The number of sulfonamides is 1. The van der Waals surface area contributed by atoms with Gasteiger partial charge in [-0.3, -0.25) is 0 Å². The van der Waals surface area contributed by atoms with Crippen molar-refractivity contribution >= 4 is 32.6 Å². The summed E-state index contributed by atoms with van der Waals surface area (Å²) in [5, 5.41) is 7.64. The molecule has 1 aliphatic carbocycles. The second-order valence-corrected chi connectivity index (χ2v) is 7.14. The first-order chi connectivity index (χ1) is 11.4. The molecule has 0 saturated heterocycles. The van der Waals surface area contributed by atoms with E-state index in [9.17, 15) is 8.42 Å². The monoisotopic (exact) mass is 338 g/mol. The van der Waals surface area contributed by atoms with Gasteiger partial charge >= 0.3 is 0 Å². The molecule has 0 saturated carbocycles. The van der Waals surface area contributed by atoms with Crippen LogP contribution in [0.3, 0.4) is 0 Å². The molecule has 0 bridgehead atoms. The number of hydrogen-bond donors (Lipinski definition) is 2. The Morgan fingerprint density at radius 3 is 2.21 bits per heavy atom. The van der Waals surface area contributed by atoms with E-state index in [1.165, 1.54) is 46.2 Å². The summed E-state index contributed by atoms with van der Waals surface area (Å²) in [4.78, 5) is 0.0756. The van der Waals surface area contributed by atoms with Gasteiger partial charge in [0, 0.05) is 5.69 Å². The van der Waals surface area contributed by atoms with Gasteiger partial charge in [0.2, 0.25) is 10.0 Å². The largest absolute Gasteiger partial charge is 0.399 e. The third-order valence-corrected chi connectivity index (χ3v) is 4.80. The smallest absolute Gasteiger partial charge is 0.238 e. The Morgan fingerprint density at radius 2 is 1.54 bits per heavy atom. The lowest BCUT2D eigenvalue weighted by atomic mass is 9.93. The third-order valence-electron chi connectivity index (χ3n) is 3.87. The highest BCUT2D eigenvalue weighted by atomic mass is 32.2. The minimum Gasteiger partial charge on any atom is -0.399 e. The van der Waals surface area contributed by atoms with Gasteiger partial charge in [0.15, 0.2) is 0 Å². The first-order valence-corrected chi connectivity index (χ1v) is 9.05. The van der Waals surface area contributed by atoms with Gasteiger partial charge in [-0.2, -0.15) is 0 Å². The molecule has 3 aromatic rings. The first-order valence-electron chi connectivity index (χ1n) is 7.51. The predicted molar refractivity (Wildman–Crippen MR) is 98.9 cm³/mol. The molecule has 122 valence electrons. The van der Waals surface area contributed by atoms with E-state index in [0.29, 0.717) is 5.69 Å². The number of nitrogen functional groups attached to an aromatic ring is 1. The normalized spacial score (nSPS) is 12.5. The zero-order chi connectivity index (χ0) is 17.2. The zero-order valence-corrected chi connectivity index (χ0v) is 13.8. The van der Waals surface area contributed by atoms with E-state index >= 15 is 0 Å². The molecule has 4 nitrogen and oxygen atoms in total. The maximum atomic E-state index is 10.7. The molecule has 5 heteroatoms. The second-order valence-electron chi connectivity index (χ2n) is 5.58. The minimum atomic E-state index is -3.58. The van der Waals surface area contributed by atoms with Crippen molar-refractivity contribution in [1.82, 2.24) is 0 Å². The van der Waals surface area contributed by atoms with E-state index < -0.39 is 10.0 Å². The minimum absolute atomic E-state index is 0.0756. The number of nitrogens with two attached hydrogens (primary N) is 2. The van der Waals surface area contributed by atoms with E-state index in [1.807, 2.05) is 0 Å². The van der Waals surface area contributed by atoms with Crippen LogP contribution >= 0.6 is 0 Å². The first kappa shape index (κ1) is 16.2. The van der Waals surface area contributed by atoms with Crippen LogP contribution in [0.5, 0.6) is 0 Å². The van der Waals surface area contributed by atoms with Gasteiger partial charge in [0.1, 0.15) is 0 Å². The fraction of sp³-hybridized carbons (Fsp3) is 0.0526. The maximum absolute atomic E-state index is 10.7. The van der Waals surface area contributed by atoms with E-state index in [-0.39, 0.29) is 4.90 Å². The van der Waals surface area contributed by atoms with Gasteiger partial charge in [0.05, 0.1) is 4.90 Å². The summed E-state index contributed by atoms with van der Waals surface area (Å²) < 4.78 is 21.4. The zero-order valence-electron chi connectivity index (χ0n) is 13.0. The lowest BCUT2D eigenvalue weighted by Crippen LogP contribution is -2.11. The van der Waals surface area contributed by atoms with Gasteiger partial charge in [0.25, 0.3) is 0 Å². The van der Waals surface area contributed by atoms with Crippen molar-refractivity contribution in [1.29, 1.82) is 0 Å². The van der Waals surface area contributed by atoms with Crippen LogP contribution in [0.15, 0.2) is 71.6 Å². The Balaban J connectivity index is 0.000000144. The standard InChI is InChI=1S/C13H10.C6H8N2O2S/c1-4-10-6-2-8-12-9-3-7-11(5-1)13(10)12;7-5-1-3-6(4-2-5)11(8,9)10/h1-8H,9H2;1-4H,7H2,(H2,8,9,10). The van der Waals surface area contributed by atoms with Crippen LogP contribution in [0.2, 0.25) is 0 Å². The van der Waals surface area contributed by atoms with Gasteiger partial charge in [-0.1, -0.05) is 48.6 Å². The van der Waals surface area contributed by atoms with E-state index in [2.05, 4.69) is 48.6 Å². The Labute approximate surface area is 141 Å². The molecular formula is C19H18N2O2S. The number of anilines is 1. The quantitative estimate of drug-likeness (QED) is 0.667. The molecule has 0 spiro atoms. The van der Waals surface area contributed by atoms with E-state index in [0.717, 1.165) is 6.42 Å². The van der Waals surface area contributed by atoms with Crippen molar-refractivity contribution in [3.8, 4) is 0 Å². The molecule has 0 unspecified atom stereocenters. The van der Waals surface area contributed by atoms with E-state index in [4.69, 9.17) is 10.9 Å². The number of rotatable bonds is 1. The van der Waals surface area contributed by atoms with Gasteiger partial charge in [-0.15, -0.1) is 0 Å². The summed E-state index contributed by atoms with van der Waals surface area (Å²) in [5.41, 5.74) is 8.66. The summed E-state index contributed by atoms with van der Waals surface area (Å²) in [5.74, 6) is 0. The SMILES string of the molecule is C1=Cc2cccc3cccc(c23)C1.Nc1ccc(S(N)(=O)=O)cc1. The van der Waals surface area contributed by atoms with Crippen LogP contribution in [0, 0.1) is 0 Å². The van der Waals surface area contributed by atoms with Crippen LogP contribution in [-0.2, 0) is 16.4 Å². The Hall–Kier alpha value is -2.63. The summed E-state index contributed by atoms with van der Waals surface area (Å²) in [7, 11) is -3.58. The third kappa shape index (κ3) is 3.48. The van der Waals surface area contributed by atoms with Crippen molar-refractivity contribution < 1.29 is 8.42 Å². The molecule has 0 radical (unpaired) electrons. The van der Waals surface area contributed by atoms with Crippen LogP contribution in [0.25, 0.3) is 16.8 Å². The highest BCUT2D eigenvalue weighted by molar-refractivity contribution is 7.89. The predicted octanol–water partition coefficient (Wildman–Crippen LogP) is 3.33. The molecule has 0 atom stereocenters.